The van der Waals surface area contributed by atoms with Gasteiger partial charge in [0.05, 0.1) is 0 Å². The lowest BCUT2D eigenvalue weighted by Gasteiger charge is -2.36. The van der Waals surface area contributed by atoms with Crippen molar-refractivity contribution >= 4 is 5.97 Å². The molecule has 2 saturated carbocycles. The van der Waals surface area contributed by atoms with Gasteiger partial charge in [0.15, 0.2) is 0 Å². The van der Waals surface area contributed by atoms with E-state index in [-0.39, 0.29) is 0 Å². The smallest absolute Gasteiger partial charge is 0.323 e. The van der Waals surface area contributed by atoms with E-state index in [4.69, 9.17) is 0 Å². The highest BCUT2D eigenvalue weighted by atomic mass is 16.4. The van der Waals surface area contributed by atoms with Gasteiger partial charge in [-0.05, 0) is 52.0 Å². The van der Waals surface area contributed by atoms with Gasteiger partial charge >= 0.3 is 5.97 Å². The molecule has 0 aromatic carbocycles. The van der Waals surface area contributed by atoms with Crippen LogP contribution in [0.3, 0.4) is 0 Å². The first-order valence-electron chi connectivity index (χ1n) is 8.12. The predicted molar refractivity (Wildman–Crippen MR) is 80.9 cm³/mol. The minimum atomic E-state index is -0.768. The van der Waals surface area contributed by atoms with E-state index in [0.717, 1.165) is 25.3 Å². The molecule has 0 aromatic heterocycles. The molecule has 4 heteroatoms. The zero-order chi connectivity index (χ0) is 14.8. The quantitative estimate of drug-likeness (QED) is 0.753. The maximum atomic E-state index is 11.5. The van der Waals surface area contributed by atoms with Crippen molar-refractivity contribution in [3.05, 3.63) is 0 Å². The first kappa shape index (κ1) is 15.8. The Kier molecular flexibility index (Phi) is 5.08. The Morgan fingerprint density at radius 3 is 2.60 bits per heavy atom. The van der Waals surface area contributed by atoms with Gasteiger partial charge in [0, 0.05) is 18.6 Å². The summed E-state index contributed by atoms with van der Waals surface area (Å²) in [6, 6.07) is 1.06. The number of aliphatic carboxylic acids is 1. The Bertz CT molecular complexity index is 343. The molecule has 0 radical (unpaired) electrons. The molecular weight excluding hydrogens is 252 g/mol. The highest BCUT2D eigenvalue weighted by molar-refractivity contribution is 5.78. The second-order valence-corrected chi connectivity index (χ2v) is 7.21. The summed E-state index contributed by atoms with van der Waals surface area (Å²) in [5, 5.41) is 12.8. The molecule has 0 aromatic rings. The van der Waals surface area contributed by atoms with Crippen LogP contribution >= 0.6 is 0 Å². The van der Waals surface area contributed by atoms with Gasteiger partial charge in [-0.3, -0.25) is 10.1 Å². The lowest BCUT2D eigenvalue weighted by molar-refractivity contribution is -0.144. The molecule has 2 N–H and O–H groups in total. The molecule has 2 aliphatic carbocycles. The summed E-state index contributed by atoms with van der Waals surface area (Å²) >= 11 is 0. The molecular formula is C16H30N2O2. The third kappa shape index (κ3) is 4.19. The molecule has 0 saturated heterocycles. The summed E-state index contributed by atoms with van der Waals surface area (Å²) in [4.78, 5) is 13.9. The molecule has 4 nitrogen and oxygen atoms in total. The Hall–Kier alpha value is -0.610. The first-order valence-corrected chi connectivity index (χ1v) is 8.12. The summed E-state index contributed by atoms with van der Waals surface area (Å²) in [5.74, 6) is 0.0986. The van der Waals surface area contributed by atoms with Gasteiger partial charge in [0.25, 0.3) is 0 Å². The van der Waals surface area contributed by atoms with Gasteiger partial charge in [0.1, 0.15) is 5.54 Å². The molecule has 0 heterocycles. The van der Waals surface area contributed by atoms with E-state index in [1.807, 2.05) is 6.92 Å². The van der Waals surface area contributed by atoms with Crippen LogP contribution in [0.4, 0.5) is 0 Å². The zero-order valence-electron chi connectivity index (χ0n) is 13.2. The maximum absolute atomic E-state index is 11.5. The molecule has 2 rings (SSSR count). The van der Waals surface area contributed by atoms with E-state index in [0.29, 0.717) is 18.5 Å². The molecule has 3 atom stereocenters. The fourth-order valence-electron chi connectivity index (χ4n) is 3.30. The molecule has 0 spiro atoms. The second-order valence-electron chi connectivity index (χ2n) is 7.21. The molecule has 0 bridgehead atoms. The van der Waals surface area contributed by atoms with Gasteiger partial charge in [-0.1, -0.05) is 19.8 Å². The predicted octanol–water partition coefficient (Wildman–Crippen LogP) is 2.48. The lowest BCUT2D eigenvalue weighted by Crippen LogP contribution is -2.52. The standard InChI is InChI=1S/C16H30N2O2/c1-12-5-4-6-14(11-12)18(3)10-9-16(2,15(19)20)17-13-7-8-13/h12-14,17H,4-11H2,1-3H3,(H,19,20). The lowest BCUT2D eigenvalue weighted by atomic mass is 9.86. The van der Waals surface area contributed by atoms with Crippen molar-refractivity contribution in [1.29, 1.82) is 0 Å². The third-order valence-electron chi connectivity index (χ3n) is 5.07. The summed E-state index contributed by atoms with van der Waals surface area (Å²) in [6.45, 7) is 5.03. The van der Waals surface area contributed by atoms with E-state index < -0.39 is 11.5 Å². The van der Waals surface area contributed by atoms with Crippen LogP contribution < -0.4 is 5.32 Å². The van der Waals surface area contributed by atoms with Gasteiger partial charge in [-0.2, -0.15) is 0 Å². The topological polar surface area (TPSA) is 52.6 Å². The van der Waals surface area contributed by atoms with Crippen molar-refractivity contribution in [2.24, 2.45) is 5.92 Å². The third-order valence-corrected chi connectivity index (χ3v) is 5.07. The Morgan fingerprint density at radius 1 is 1.35 bits per heavy atom. The van der Waals surface area contributed by atoms with Gasteiger partial charge in [0.2, 0.25) is 0 Å². The van der Waals surface area contributed by atoms with Crippen LogP contribution in [0.25, 0.3) is 0 Å². The Labute approximate surface area is 122 Å². The van der Waals surface area contributed by atoms with E-state index in [1.54, 1.807) is 0 Å². The van der Waals surface area contributed by atoms with Crippen molar-refractivity contribution in [3.63, 3.8) is 0 Å². The van der Waals surface area contributed by atoms with Crippen LogP contribution in [0.5, 0.6) is 0 Å². The van der Waals surface area contributed by atoms with Crippen LogP contribution in [-0.2, 0) is 4.79 Å². The SMILES string of the molecule is CC1CCCC(N(C)CCC(C)(NC2CC2)C(=O)O)C1. The van der Waals surface area contributed by atoms with Crippen molar-refractivity contribution in [1.82, 2.24) is 10.2 Å². The second kappa shape index (κ2) is 6.44. The van der Waals surface area contributed by atoms with Crippen LogP contribution in [0.2, 0.25) is 0 Å². The molecule has 0 amide bonds. The first-order chi connectivity index (χ1) is 9.40. The van der Waals surface area contributed by atoms with E-state index in [2.05, 4.69) is 24.2 Å². The minimum Gasteiger partial charge on any atom is -0.480 e. The summed E-state index contributed by atoms with van der Waals surface area (Å²) in [5.41, 5.74) is -0.768. The number of hydrogen-bond donors (Lipinski definition) is 2. The summed E-state index contributed by atoms with van der Waals surface area (Å²) in [6.07, 6.45) is 8.11. The molecule has 0 aliphatic heterocycles. The zero-order valence-corrected chi connectivity index (χ0v) is 13.2. The molecule has 116 valence electrons. The molecule has 2 aliphatic rings. The number of carboxylic acid groups (broad SMARTS) is 1. The average Bonchev–Trinajstić information content (AvgIpc) is 3.19. The van der Waals surface area contributed by atoms with Crippen LogP contribution in [0.1, 0.15) is 58.8 Å². The Morgan fingerprint density at radius 2 is 2.05 bits per heavy atom. The van der Waals surface area contributed by atoms with Crippen molar-refractivity contribution < 1.29 is 9.90 Å². The number of nitrogens with one attached hydrogen (secondary N) is 1. The Balaban J connectivity index is 1.83. The van der Waals surface area contributed by atoms with Crippen LogP contribution in [0, 0.1) is 5.92 Å². The van der Waals surface area contributed by atoms with Gasteiger partial charge in [-0.15, -0.1) is 0 Å². The molecule has 2 fully saturated rings. The van der Waals surface area contributed by atoms with Crippen LogP contribution in [-0.4, -0.2) is 47.2 Å². The van der Waals surface area contributed by atoms with Crippen LogP contribution in [0.15, 0.2) is 0 Å². The normalized spacial score (nSPS) is 30.2. The fraction of sp³-hybridized carbons (Fsp3) is 0.938. The number of carbonyl (C=O) groups is 1. The maximum Gasteiger partial charge on any atom is 0.323 e. The van der Waals surface area contributed by atoms with Gasteiger partial charge < -0.3 is 10.0 Å². The monoisotopic (exact) mass is 282 g/mol. The number of carboxylic acids is 1. The number of nitrogens with zero attached hydrogens (tertiary/aromatic N) is 1. The van der Waals surface area contributed by atoms with Gasteiger partial charge in [-0.25, -0.2) is 0 Å². The largest absolute Gasteiger partial charge is 0.480 e. The average molecular weight is 282 g/mol. The van der Waals surface area contributed by atoms with Crippen molar-refractivity contribution in [2.75, 3.05) is 13.6 Å². The van der Waals surface area contributed by atoms with E-state index >= 15 is 0 Å². The summed E-state index contributed by atoms with van der Waals surface area (Å²) in [7, 11) is 2.15. The molecule has 20 heavy (non-hydrogen) atoms. The van der Waals surface area contributed by atoms with E-state index in [1.165, 1.54) is 25.7 Å². The summed E-state index contributed by atoms with van der Waals surface area (Å²) < 4.78 is 0. The number of rotatable bonds is 7. The fourth-order valence-corrected chi connectivity index (χ4v) is 3.30. The highest BCUT2D eigenvalue weighted by Gasteiger charge is 2.38. The minimum absolute atomic E-state index is 0.427. The van der Waals surface area contributed by atoms with Crippen molar-refractivity contribution in [3.8, 4) is 0 Å². The molecule has 3 unspecified atom stereocenters. The highest BCUT2D eigenvalue weighted by Crippen LogP contribution is 2.28. The van der Waals surface area contributed by atoms with Crippen molar-refractivity contribution in [2.45, 2.75) is 76.4 Å². The van der Waals surface area contributed by atoms with E-state index in [9.17, 15) is 9.90 Å². The number of hydrogen-bond acceptors (Lipinski definition) is 3.